The number of carbonyl (C=O) groups excluding carboxylic acids is 2. The Bertz CT molecular complexity index is 1610. The Morgan fingerprint density at radius 2 is 1.42 bits per heavy atom. The molecule has 11 heteroatoms. The first-order valence-electron chi connectivity index (χ1n) is 13.6. The van der Waals surface area contributed by atoms with E-state index < -0.39 is 17.8 Å². The van der Waals surface area contributed by atoms with Crippen LogP contribution in [0.25, 0.3) is 16.9 Å². The van der Waals surface area contributed by atoms with Crippen LogP contribution in [0.4, 0.5) is 23.7 Å². The van der Waals surface area contributed by atoms with Crippen molar-refractivity contribution >= 4 is 17.6 Å². The molecule has 1 fully saturated rings. The number of carbonyl (C=O) groups is 2. The van der Waals surface area contributed by atoms with Gasteiger partial charge in [0.2, 0.25) is 0 Å². The van der Waals surface area contributed by atoms with E-state index in [-0.39, 0.29) is 24.7 Å². The number of urea groups is 1. The van der Waals surface area contributed by atoms with Crippen LogP contribution in [-0.4, -0.2) is 66.7 Å². The first kappa shape index (κ1) is 29.6. The van der Waals surface area contributed by atoms with E-state index in [0.717, 1.165) is 34.8 Å². The molecule has 1 N–H and O–H groups in total. The normalized spacial score (nSPS) is 13.5. The number of nitrogens with one attached hydrogen (secondary N) is 1. The largest absolute Gasteiger partial charge is 0.493 e. The predicted octanol–water partition coefficient (Wildman–Crippen LogP) is 6.48. The molecule has 1 aliphatic heterocycles. The molecule has 0 unspecified atom stereocenters. The lowest BCUT2D eigenvalue weighted by Gasteiger charge is -2.34. The summed E-state index contributed by atoms with van der Waals surface area (Å²) in [4.78, 5) is 29.8. The Kier molecular flexibility index (Phi) is 8.33. The predicted molar refractivity (Wildman–Crippen MR) is 157 cm³/mol. The van der Waals surface area contributed by atoms with Crippen molar-refractivity contribution in [2.24, 2.45) is 0 Å². The zero-order valence-corrected chi connectivity index (χ0v) is 23.9. The van der Waals surface area contributed by atoms with Gasteiger partial charge in [0, 0.05) is 49.3 Å². The molecule has 0 saturated carbocycles. The molecule has 0 radical (unpaired) electrons. The highest BCUT2D eigenvalue weighted by molar-refractivity contribution is 5.98. The fraction of sp³-hybridized carbons (Fsp3) is 0.250. The third kappa shape index (κ3) is 6.15. The van der Waals surface area contributed by atoms with Crippen molar-refractivity contribution in [3.05, 3.63) is 95.7 Å². The number of alkyl halides is 3. The Morgan fingerprint density at radius 1 is 0.791 bits per heavy atom. The van der Waals surface area contributed by atoms with Gasteiger partial charge in [0.15, 0.2) is 11.5 Å². The van der Waals surface area contributed by atoms with Crippen LogP contribution in [0, 0.1) is 6.92 Å². The van der Waals surface area contributed by atoms with Crippen LogP contribution in [0.15, 0.2) is 78.9 Å². The van der Waals surface area contributed by atoms with Crippen molar-refractivity contribution < 1.29 is 32.2 Å². The molecule has 8 nitrogen and oxygen atoms in total. The third-order valence-corrected chi connectivity index (χ3v) is 7.49. The smallest absolute Gasteiger partial charge is 0.416 e. The molecule has 3 aromatic carbocycles. The fourth-order valence-electron chi connectivity index (χ4n) is 5.17. The Labute approximate surface area is 247 Å². The van der Waals surface area contributed by atoms with E-state index in [4.69, 9.17) is 9.47 Å². The van der Waals surface area contributed by atoms with Crippen LogP contribution in [0.3, 0.4) is 0 Å². The van der Waals surface area contributed by atoms with Gasteiger partial charge in [-0.2, -0.15) is 13.2 Å². The summed E-state index contributed by atoms with van der Waals surface area (Å²) in [5.41, 5.74) is 3.33. The highest BCUT2D eigenvalue weighted by Crippen LogP contribution is 2.35. The van der Waals surface area contributed by atoms with E-state index in [9.17, 15) is 22.8 Å². The topological polar surface area (TPSA) is 76.0 Å². The number of rotatable bonds is 6. The highest BCUT2D eigenvalue weighted by atomic mass is 19.4. The monoisotopic (exact) mass is 592 g/mol. The van der Waals surface area contributed by atoms with E-state index in [2.05, 4.69) is 5.32 Å². The lowest BCUT2D eigenvalue weighted by Crippen LogP contribution is -2.51. The molecule has 5 rings (SSSR count). The van der Waals surface area contributed by atoms with Crippen molar-refractivity contribution in [1.82, 2.24) is 14.4 Å². The quantitative estimate of drug-likeness (QED) is 0.278. The minimum absolute atomic E-state index is 0.156. The van der Waals surface area contributed by atoms with Gasteiger partial charge in [-0.15, -0.1) is 0 Å². The third-order valence-electron chi connectivity index (χ3n) is 7.49. The standard InChI is InChI=1S/C32H31F3N4O4/c1-21-26(20-27(22-7-5-4-6-8-22)39(21)25-13-14-28(42-2)29(19-25)43-3)30(40)37-15-17-38(18-16-37)31(41)36-24-11-9-23(10-12-24)32(33,34)35/h4-14,19-20H,15-18H2,1-3H3,(H,36,41). The van der Waals surface area contributed by atoms with Gasteiger partial charge in [0.25, 0.3) is 5.91 Å². The summed E-state index contributed by atoms with van der Waals surface area (Å²) in [5.74, 6) is 0.997. The van der Waals surface area contributed by atoms with Crippen LogP contribution in [-0.2, 0) is 6.18 Å². The molecule has 3 amide bonds. The molecule has 1 aromatic heterocycles. The zero-order chi connectivity index (χ0) is 30.7. The molecule has 43 heavy (non-hydrogen) atoms. The maximum Gasteiger partial charge on any atom is 0.416 e. The number of piperazine rings is 1. The summed E-state index contributed by atoms with van der Waals surface area (Å²) in [6, 6.07) is 21.1. The van der Waals surface area contributed by atoms with Crippen molar-refractivity contribution in [2.45, 2.75) is 13.1 Å². The summed E-state index contributed by atoms with van der Waals surface area (Å²) in [6.07, 6.45) is -4.45. The summed E-state index contributed by atoms with van der Waals surface area (Å²) >= 11 is 0. The molecule has 0 aliphatic carbocycles. The van der Waals surface area contributed by atoms with Crippen LogP contribution in [0.2, 0.25) is 0 Å². The number of hydrogen-bond donors (Lipinski definition) is 1. The summed E-state index contributed by atoms with van der Waals surface area (Å²) in [6.45, 7) is 3.06. The second-order valence-corrected chi connectivity index (χ2v) is 10.1. The van der Waals surface area contributed by atoms with Gasteiger partial charge in [-0.1, -0.05) is 30.3 Å². The molecule has 1 aliphatic rings. The molecule has 1 saturated heterocycles. The number of benzene rings is 3. The van der Waals surface area contributed by atoms with E-state index in [1.807, 2.05) is 66.1 Å². The van der Waals surface area contributed by atoms with Crippen molar-refractivity contribution in [1.29, 1.82) is 0 Å². The molecule has 0 atom stereocenters. The first-order valence-corrected chi connectivity index (χ1v) is 13.6. The van der Waals surface area contributed by atoms with E-state index in [0.29, 0.717) is 30.2 Å². The number of hydrogen-bond acceptors (Lipinski definition) is 4. The molecule has 2 heterocycles. The Hall–Kier alpha value is -4.93. The molecular formula is C32H31F3N4O4. The van der Waals surface area contributed by atoms with E-state index in [1.165, 1.54) is 12.1 Å². The van der Waals surface area contributed by atoms with Crippen molar-refractivity contribution in [2.75, 3.05) is 45.7 Å². The molecule has 4 aromatic rings. The number of ether oxygens (including phenoxy) is 2. The summed E-state index contributed by atoms with van der Waals surface area (Å²) < 4.78 is 51.5. The Balaban J connectivity index is 1.34. The van der Waals surface area contributed by atoms with Gasteiger partial charge in [-0.05, 0) is 55.0 Å². The van der Waals surface area contributed by atoms with Gasteiger partial charge >= 0.3 is 12.2 Å². The van der Waals surface area contributed by atoms with Crippen LogP contribution in [0.5, 0.6) is 11.5 Å². The average Bonchev–Trinajstić information content (AvgIpc) is 3.37. The lowest BCUT2D eigenvalue weighted by molar-refractivity contribution is -0.137. The molecule has 0 bridgehead atoms. The second-order valence-electron chi connectivity index (χ2n) is 10.1. The highest BCUT2D eigenvalue weighted by Gasteiger charge is 2.31. The van der Waals surface area contributed by atoms with Gasteiger partial charge in [0.1, 0.15) is 0 Å². The van der Waals surface area contributed by atoms with Gasteiger partial charge < -0.3 is 29.2 Å². The maximum absolute atomic E-state index is 13.8. The number of aromatic nitrogens is 1. The number of nitrogens with zero attached hydrogens (tertiary/aromatic N) is 3. The van der Waals surface area contributed by atoms with Gasteiger partial charge in [-0.25, -0.2) is 4.79 Å². The number of amides is 3. The molecule has 0 spiro atoms. The first-order chi connectivity index (χ1) is 20.6. The maximum atomic E-state index is 13.8. The van der Waals surface area contributed by atoms with Gasteiger partial charge in [-0.3, -0.25) is 4.79 Å². The van der Waals surface area contributed by atoms with Gasteiger partial charge in [0.05, 0.1) is 31.0 Å². The van der Waals surface area contributed by atoms with Crippen LogP contribution < -0.4 is 14.8 Å². The minimum atomic E-state index is -4.45. The van der Waals surface area contributed by atoms with E-state index >= 15 is 0 Å². The fourth-order valence-corrected chi connectivity index (χ4v) is 5.17. The summed E-state index contributed by atoms with van der Waals surface area (Å²) in [7, 11) is 3.14. The average molecular weight is 593 g/mol. The number of methoxy groups -OCH3 is 2. The molecule has 224 valence electrons. The minimum Gasteiger partial charge on any atom is -0.493 e. The molecular weight excluding hydrogens is 561 g/mol. The number of anilines is 1. The van der Waals surface area contributed by atoms with Crippen molar-refractivity contribution in [3.63, 3.8) is 0 Å². The SMILES string of the molecule is COc1ccc(-n2c(-c3ccccc3)cc(C(=O)N3CCN(C(=O)Nc4ccc(C(F)(F)F)cc4)CC3)c2C)cc1OC. The van der Waals surface area contributed by atoms with Crippen LogP contribution >= 0.6 is 0 Å². The zero-order valence-electron chi connectivity index (χ0n) is 23.9. The lowest BCUT2D eigenvalue weighted by atomic mass is 10.1. The Morgan fingerprint density at radius 3 is 2.02 bits per heavy atom. The summed E-state index contributed by atoms with van der Waals surface area (Å²) in [5, 5.41) is 2.63. The second kappa shape index (κ2) is 12.1. The van der Waals surface area contributed by atoms with Crippen molar-refractivity contribution in [3.8, 4) is 28.4 Å². The van der Waals surface area contributed by atoms with E-state index in [1.54, 1.807) is 24.0 Å². The van der Waals surface area contributed by atoms with Crippen LogP contribution in [0.1, 0.15) is 21.6 Å². The number of halogens is 3.